The number of hydrogen-bond acceptors (Lipinski definition) is 4. The van der Waals surface area contributed by atoms with Crippen LogP contribution in [0.15, 0.2) is 23.2 Å². The van der Waals surface area contributed by atoms with Crippen LogP contribution in [0.4, 0.5) is 5.69 Å². The largest absolute Gasteiger partial charge is 0.495 e. The molecular weight excluding hydrogens is 278 g/mol. The van der Waals surface area contributed by atoms with Crippen LogP contribution in [0, 0.1) is 28.2 Å². The summed E-state index contributed by atoms with van der Waals surface area (Å²) in [6.07, 6.45) is 1.87. The fourth-order valence-electron chi connectivity index (χ4n) is 1.53. The Morgan fingerprint density at radius 2 is 2.00 bits per heavy atom. The Balaban J connectivity index is 3.05. The molecule has 0 radical (unpaired) electrons. The maximum atomic E-state index is 8.99. The van der Waals surface area contributed by atoms with Gasteiger partial charge in [0.2, 0.25) is 5.96 Å². The molecule has 0 saturated heterocycles. The maximum absolute atomic E-state index is 8.99. The number of aliphatic imine (C=N–C) groups is 1. The average molecular weight is 299 g/mol. The maximum Gasteiger partial charge on any atom is 0.209 e. The first kappa shape index (κ1) is 17.3. The number of guanidine groups is 1. The molecule has 0 bridgehead atoms. The highest BCUT2D eigenvalue weighted by molar-refractivity contribution is 5.95. The Hall–Kier alpha value is -2.73. The van der Waals surface area contributed by atoms with E-state index in [-0.39, 0.29) is 11.5 Å². The molecule has 22 heavy (non-hydrogen) atoms. The molecule has 0 aliphatic carbocycles. The number of hydrogen-bond donors (Lipinski definition) is 2. The molecule has 1 rings (SSSR count). The van der Waals surface area contributed by atoms with Gasteiger partial charge in [-0.2, -0.15) is 10.5 Å². The van der Waals surface area contributed by atoms with Gasteiger partial charge in [-0.25, -0.2) is 4.99 Å². The topological polar surface area (TPSA) is 93.2 Å². The second-order valence-electron chi connectivity index (χ2n) is 5.91. The standard InChI is InChI=1S/C16H21N5O/c1-11(16(2,3)4)20-15(19-10-18)21-13-7-6-12(9-17)14(8-13)22-5/h6-8,11H,1-5H3,(H2,19,20,21). The zero-order valence-electron chi connectivity index (χ0n) is 13.6. The summed E-state index contributed by atoms with van der Waals surface area (Å²) >= 11 is 0. The van der Waals surface area contributed by atoms with Crippen LogP contribution in [0.2, 0.25) is 0 Å². The van der Waals surface area contributed by atoms with Gasteiger partial charge >= 0.3 is 0 Å². The molecular formula is C16H21N5O. The molecule has 0 amide bonds. The SMILES string of the molecule is COc1cc(N/C(=N/C(C)C(C)(C)C)NC#N)ccc1C#N. The first-order chi connectivity index (χ1) is 10.3. The van der Waals surface area contributed by atoms with E-state index >= 15 is 0 Å². The lowest BCUT2D eigenvalue weighted by molar-refractivity contribution is 0.341. The number of anilines is 1. The second kappa shape index (κ2) is 7.33. The van der Waals surface area contributed by atoms with E-state index in [1.165, 1.54) is 7.11 Å². The van der Waals surface area contributed by atoms with Crippen LogP contribution in [0.5, 0.6) is 5.75 Å². The van der Waals surface area contributed by atoms with Crippen molar-refractivity contribution in [1.29, 1.82) is 10.5 Å². The van der Waals surface area contributed by atoms with E-state index in [0.717, 1.165) is 0 Å². The molecule has 6 heteroatoms. The van der Waals surface area contributed by atoms with Crippen LogP contribution < -0.4 is 15.4 Å². The minimum absolute atomic E-state index is 0.0103. The number of nitriles is 2. The van der Waals surface area contributed by atoms with Crippen molar-refractivity contribution >= 4 is 11.6 Å². The Bertz CT molecular complexity index is 631. The minimum atomic E-state index is -0.0214. The predicted molar refractivity (Wildman–Crippen MR) is 86.4 cm³/mol. The van der Waals surface area contributed by atoms with Crippen molar-refractivity contribution in [3.05, 3.63) is 23.8 Å². The number of rotatable bonds is 3. The lowest BCUT2D eigenvalue weighted by Gasteiger charge is -2.24. The zero-order chi connectivity index (χ0) is 16.8. The fourth-order valence-corrected chi connectivity index (χ4v) is 1.53. The quantitative estimate of drug-likeness (QED) is 0.387. The highest BCUT2D eigenvalue weighted by atomic mass is 16.5. The molecule has 0 heterocycles. The third-order valence-electron chi connectivity index (χ3n) is 3.34. The van der Waals surface area contributed by atoms with Crippen molar-refractivity contribution in [1.82, 2.24) is 5.32 Å². The molecule has 0 aliphatic heterocycles. The summed E-state index contributed by atoms with van der Waals surface area (Å²) in [7, 11) is 1.50. The summed E-state index contributed by atoms with van der Waals surface area (Å²) in [6, 6.07) is 7.14. The van der Waals surface area contributed by atoms with Crippen molar-refractivity contribution in [2.75, 3.05) is 12.4 Å². The number of nitrogens with zero attached hydrogens (tertiary/aromatic N) is 3. The summed E-state index contributed by atoms with van der Waals surface area (Å²) in [5, 5.41) is 23.4. The van der Waals surface area contributed by atoms with Gasteiger partial charge in [-0.15, -0.1) is 0 Å². The minimum Gasteiger partial charge on any atom is -0.495 e. The van der Waals surface area contributed by atoms with Crippen LogP contribution in [-0.4, -0.2) is 19.1 Å². The molecule has 1 aromatic carbocycles. The highest BCUT2D eigenvalue weighted by Gasteiger charge is 2.20. The third-order valence-corrected chi connectivity index (χ3v) is 3.34. The van der Waals surface area contributed by atoms with Gasteiger partial charge in [0.05, 0.1) is 18.7 Å². The third kappa shape index (κ3) is 4.68. The van der Waals surface area contributed by atoms with Crippen LogP contribution in [0.1, 0.15) is 33.3 Å². The van der Waals surface area contributed by atoms with E-state index < -0.39 is 0 Å². The fraction of sp³-hybridized carbons (Fsp3) is 0.438. The van der Waals surface area contributed by atoms with E-state index in [1.807, 2.05) is 13.1 Å². The van der Waals surface area contributed by atoms with Gasteiger partial charge < -0.3 is 10.1 Å². The van der Waals surface area contributed by atoms with Crippen LogP contribution in [0.25, 0.3) is 0 Å². The summed E-state index contributed by atoms with van der Waals surface area (Å²) in [6.45, 7) is 8.22. The van der Waals surface area contributed by atoms with Gasteiger partial charge in [-0.1, -0.05) is 20.8 Å². The molecule has 0 spiro atoms. The van der Waals surface area contributed by atoms with Crippen LogP contribution in [0.3, 0.4) is 0 Å². The lowest BCUT2D eigenvalue weighted by Crippen LogP contribution is -2.31. The highest BCUT2D eigenvalue weighted by Crippen LogP contribution is 2.24. The Kier molecular flexibility index (Phi) is 5.77. The monoisotopic (exact) mass is 299 g/mol. The Morgan fingerprint density at radius 3 is 2.50 bits per heavy atom. The van der Waals surface area contributed by atoms with Gasteiger partial charge in [0.15, 0.2) is 6.19 Å². The first-order valence-electron chi connectivity index (χ1n) is 6.90. The van der Waals surface area contributed by atoms with Crippen molar-refractivity contribution in [2.24, 2.45) is 10.4 Å². The van der Waals surface area contributed by atoms with Crippen LogP contribution in [-0.2, 0) is 0 Å². The Morgan fingerprint density at radius 1 is 1.32 bits per heavy atom. The molecule has 0 fully saturated rings. The van der Waals surface area contributed by atoms with Crippen molar-refractivity contribution in [3.63, 3.8) is 0 Å². The molecule has 2 N–H and O–H groups in total. The molecule has 6 nitrogen and oxygen atoms in total. The van der Waals surface area contributed by atoms with Gasteiger partial charge in [0.25, 0.3) is 0 Å². The van der Waals surface area contributed by atoms with Gasteiger partial charge in [0.1, 0.15) is 11.8 Å². The first-order valence-corrected chi connectivity index (χ1v) is 6.90. The molecule has 116 valence electrons. The zero-order valence-corrected chi connectivity index (χ0v) is 13.6. The molecule has 1 atom stereocenters. The molecule has 1 aromatic rings. The molecule has 0 aliphatic rings. The van der Waals surface area contributed by atoms with E-state index in [1.54, 1.807) is 18.2 Å². The number of benzene rings is 1. The number of nitrogens with one attached hydrogen (secondary N) is 2. The predicted octanol–water partition coefficient (Wildman–Crippen LogP) is 2.84. The molecule has 0 aromatic heterocycles. The Labute approximate surface area is 131 Å². The van der Waals surface area contributed by atoms with E-state index in [0.29, 0.717) is 23.0 Å². The summed E-state index contributed by atoms with van der Waals surface area (Å²) in [5.41, 5.74) is 1.10. The van der Waals surface area contributed by atoms with E-state index in [2.05, 4.69) is 42.5 Å². The lowest BCUT2D eigenvalue weighted by atomic mass is 9.88. The second-order valence-corrected chi connectivity index (χ2v) is 5.91. The smallest absolute Gasteiger partial charge is 0.209 e. The summed E-state index contributed by atoms with van der Waals surface area (Å²) in [4.78, 5) is 4.50. The van der Waals surface area contributed by atoms with Gasteiger partial charge in [-0.05, 0) is 24.5 Å². The average Bonchev–Trinajstić information content (AvgIpc) is 2.46. The van der Waals surface area contributed by atoms with E-state index in [9.17, 15) is 0 Å². The van der Waals surface area contributed by atoms with Gasteiger partial charge in [0, 0.05) is 11.8 Å². The molecule has 1 unspecified atom stereocenters. The number of ether oxygens (including phenoxy) is 1. The van der Waals surface area contributed by atoms with Gasteiger partial charge in [-0.3, -0.25) is 5.32 Å². The summed E-state index contributed by atoms with van der Waals surface area (Å²) in [5.74, 6) is 0.823. The van der Waals surface area contributed by atoms with E-state index in [4.69, 9.17) is 15.3 Å². The summed E-state index contributed by atoms with van der Waals surface area (Å²) < 4.78 is 5.17. The number of methoxy groups -OCH3 is 1. The van der Waals surface area contributed by atoms with Crippen molar-refractivity contribution in [2.45, 2.75) is 33.7 Å². The van der Waals surface area contributed by atoms with Crippen molar-refractivity contribution < 1.29 is 4.74 Å². The van der Waals surface area contributed by atoms with Crippen LogP contribution >= 0.6 is 0 Å². The molecule has 0 saturated carbocycles. The van der Waals surface area contributed by atoms with Crippen molar-refractivity contribution in [3.8, 4) is 18.0 Å². The normalized spacial score (nSPS) is 12.8.